The van der Waals surface area contributed by atoms with Gasteiger partial charge in [0.1, 0.15) is 12.6 Å². The van der Waals surface area contributed by atoms with Gasteiger partial charge in [0.25, 0.3) is 5.69 Å². The van der Waals surface area contributed by atoms with Gasteiger partial charge in [-0.1, -0.05) is 48.0 Å². The van der Waals surface area contributed by atoms with Crippen molar-refractivity contribution in [2.45, 2.75) is 40.3 Å². The minimum Gasteiger partial charge on any atom is -0.354 e. The largest absolute Gasteiger partial charge is 0.354 e. The fraction of sp³-hybridized carbons (Fsp3) is 0.417. The maximum Gasteiger partial charge on any atom is 0.271 e. The molecule has 2 rings (SSSR count). The molecule has 0 aromatic heterocycles. The van der Waals surface area contributed by atoms with Crippen molar-refractivity contribution in [3.63, 3.8) is 0 Å². The lowest BCUT2D eigenvalue weighted by Gasteiger charge is -2.32. The van der Waals surface area contributed by atoms with Gasteiger partial charge < -0.3 is 10.2 Å². The number of hydrogen-bond donors (Lipinski definition) is 1. The standard InChI is InChI=1S/C24H31BrN4O6S/c1-16(2)13-26-24(31)18(4)27(14-19-7-9-20(25)10-8-19)23(30)15-28(36(5,34)35)22-12-21(29(32)33)11-6-17(22)3/h6-12,16,18H,13-15H2,1-5H3,(H,26,31). The first-order chi connectivity index (χ1) is 16.7. The number of nitrogens with zero attached hydrogens (tertiary/aromatic N) is 3. The van der Waals surface area contributed by atoms with Crippen molar-refractivity contribution in [2.24, 2.45) is 5.92 Å². The summed E-state index contributed by atoms with van der Waals surface area (Å²) in [6.07, 6.45) is 0.927. The van der Waals surface area contributed by atoms with Crippen LogP contribution in [0.3, 0.4) is 0 Å². The highest BCUT2D eigenvalue weighted by molar-refractivity contribution is 9.10. The molecule has 0 bridgehead atoms. The number of anilines is 1. The monoisotopic (exact) mass is 582 g/mol. The van der Waals surface area contributed by atoms with Crippen LogP contribution in [0.5, 0.6) is 0 Å². The molecule has 36 heavy (non-hydrogen) atoms. The minimum atomic E-state index is -4.00. The molecule has 0 spiro atoms. The Morgan fingerprint density at radius 3 is 2.25 bits per heavy atom. The molecule has 12 heteroatoms. The molecule has 10 nitrogen and oxygen atoms in total. The third kappa shape index (κ3) is 8.02. The van der Waals surface area contributed by atoms with Crippen molar-refractivity contribution in [1.82, 2.24) is 10.2 Å². The molecule has 0 fully saturated rings. The third-order valence-corrected chi connectivity index (χ3v) is 7.12. The molecule has 0 aliphatic carbocycles. The normalized spacial score (nSPS) is 12.2. The van der Waals surface area contributed by atoms with Gasteiger partial charge in [-0.3, -0.25) is 24.0 Å². The maximum absolute atomic E-state index is 13.6. The summed E-state index contributed by atoms with van der Waals surface area (Å²) in [5, 5.41) is 14.1. The van der Waals surface area contributed by atoms with E-state index in [2.05, 4.69) is 21.2 Å². The van der Waals surface area contributed by atoms with Crippen LogP contribution in [0.4, 0.5) is 11.4 Å². The van der Waals surface area contributed by atoms with Crippen molar-refractivity contribution in [2.75, 3.05) is 23.7 Å². The quantitative estimate of drug-likeness (QED) is 0.318. The highest BCUT2D eigenvalue weighted by Crippen LogP contribution is 2.28. The minimum absolute atomic E-state index is 0.0283. The Bertz CT molecular complexity index is 1220. The Kier molecular flexibility index (Phi) is 10.00. The van der Waals surface area contributed by atoms with Gasteiger partial charge in [-0.05, 0) is 43.0 Å². The summed E-state index contributed by atoms with van der Waals surface area (Å²) in [6, 6.07) is 10.1. The van der Waals surface area contributed by atoms with E-state index in [9.17, 15) is 28.1 Å². The van der Waals surface area contributed by atoms with Crippen LogP contribution in [0, 0.1) is 23.0 Å². The predicted octanol–water partition coefficient (Wildman–Crippen LogP) is 3.62. The van der Waals surface area contributed by atoms with Gasteiger partial charge in [0.05, 0.1) is 16.9 Å². The van der Waals surface area contributed by atoms with Crippen LogP contribution in [-0.4, -0.2) is 55.4 Å². The number of carbonyl (C=O) groups excluding carboxylic acids is 2. The predicted molar refractivity (Wildman–Crippen MR) is 142 cm³/mol. The van der Waals surface area contributed by atoms with E-state index in [1.807, 2.05) is 13.8 Å². The highest BCUT2D eigenvalue weighted by Gasteiger charge is 2.31. The first-order valence-electron chi connectivity index (χ1n) is 11.2. The Balaban J connectivity index is 2.45. The Morgan fingerprint density at radius 2 is 1.72 bits per heavy atom. The number of aryl methyl sites for hydroxylation is 1. The molecule has 2 amide bonds. The maximum atomic E-state index is 13.6. The van der Waals surface area contributed by atoms with E-state index in [1.54, 1.807) is 38.1 Å². The van der Waals surface area contributed by atoms with Gasteiger partial charge in [0.15, 0.2) is 0 Å². The lowest BCUT2D eigenvalue weighted by Crippen LogP contribution is -2.51. The zero-order valence-electron chi connectivity index (χ0n) is 20.9. The Morgan fingerprint density at radius 1 is 1.11 bits per heavy atom. The molecule has 0 aliphatic heterocycles. The first kappa shape index (κ1) is 29.2. The number of amides is 2. The smallest absolute Gasteiger partial charge is 0.271 e. The number of carbonyl (C=O) groups is 2. The molecule has 0 radical (unpaired) electrons. The van der Waals surface area contributed by atoms with Gasteiger partial charge in [-0.15, -0.1) is 0 Å². The van der Waals surface area contributed by atoms with Crippen molar-refractivity contribution < 1.29 is 22.9 Å². The Labute approximate surface area is 220 Å². The Hall–Kier alpha value is -2.99. The van der Waals surface area contributed by atoms with E-state index in [1.165, 1.54) is 17.0 Å². The van der Waals surface area contributed by atoms with Crippen molar-refractivity contribution >= 4 is 49.1 Å². The van der Waals surface area contributed by atoms with E-state index < -0.39 is 33.4 Å². The van der Waals surface area contributed by atoms with E-state index in [4.69, 9.17) is 0 Å². The average Bonchev–Trinajstić information content (AvgIpc) is 2.79. The fourth-order valence-electron chi connectivity index (χ4n) is 3.40. The first-order valence-corrected chi connectivity index (χ1v) is 13.9. The summed E-state index contributed by atoms with van der Waals surface area (Å²) in [5.41, 5.74) is 0.916. The zero-order chi connectivity index (χ0) is 27.2. The van der Waals surface area contributed by atoms with Crippen molar-refractivity contribution in [3.05, 3.63) is 68.2 Å². The highest BCUT2D eigenvalue weighted by atomic mass is 79.9. The number of rotatable bonds is 11. The number of nitro benzene ring substituents is 1. The molecule has 0 saturated heterocycles. The number of nitrogens with one attached hydrogen (secondary N) is 1. The third-order valence-electron chi connectivity index (χ3n) is 5.47. The molecule has 0 aliphatic rings. The molecular formula is C24H31BrN4O6S. The van der Waals surface area contributed by atoms with E-state index in [0.29, 0.717) is 12.1 Å². The summed E-state index contributed by atoms with van der Waals surface area (Å²) >= 11 is 3.36. The molecule has 1 N–H and O–H groups in total. The molecule has 2 aromatic carbocycles. The zero-order valence-corrected chi connectivity index (χ0v) is 23.3. The summed E-state index contributed by atoms with van der Waals surface area (Å²) in [4.78, 5) is 38.4. The van der Waals surface area contributed by atoms with E-state index in [0.717, 1.165) is 26.7 Å². The lowest BCUT2D eigenvalue weighted by atomic mass is 10.1. The number of halogens is 1. The van der Waals surface area contributed by atoms with Gasteiger partial charge >= 0.3 is 0 Å². The number of benzene rings is 2. The summed E-state index contributed by atoms with van der Waals surface area (Å²) < 4.78 is 27.1. The molecular weight excluding hydrogens is 552 g/mol. The topological polar surface area (TPSA) is 130 Å². The fourth-order valence-corrected chi connectivity index (χ4v) is 4.56. The summed E-state index contributed by atoms with van der Waals surface area (Å²) in [7, 11) is -4.00. The molecule has 1 unspecified atom stereocenters. The average molecular weight is 584 g/mol. The van der Waals surface area contributed by atoms with Crippen LogP contribution in [-0.2, 0) is 26.2 Å². The summed E-state index contributed by atoms with van der Waals surface area (Å²) in [6.45, 7) is 6.93. The van der Waals surface area contributed by atoms with E-state index in [-0.39, 0.29) is 29.7 Å². The molecule has 0 saturated carbocycles. The van der Waals surface area contributed by atoms with Gasteiger partial charge in [-0.25, -0.2) is 8.42 Å². The van der Waals surface area contributed by atoms with Gasteiger partial charge in [-0.2, -0.15) is 0 Å². The van der Waals surface area contributed by atoms with Gasteiger partial charge in [0, 0.05) is 29.7 Å². The molecule has 0 heterocycles. The number of nitro groups is 1. The van der Waals surface area contributed by atoms with E-state index >= 15 is 0 Å². The lowest BCUT2D eigenvalue weighted by molar-refractivity contribution is -0.384. The van der Waals surface area contributed by atoms with Crippen LogP contribution in [0.1, 0.15) is 31.9 Å². The second kappa shape index (κ2) is 12.3. The van der Waals surface area contributed by atoms with Crippen LogP contribution in [0.15, 0.2) is 46.9 Å². The van der Waals surface area contributed by atoms with Crippen LogP contribution < -0.4 is 9.62 Å². The number of non-ortho nitro benzene ring substituents is 1. The number of sulfonamides is 1. The number of hydrogen-bond acceptors (Lipinski definition) is 6. The van der Waals surface area contributed by atoms with Gasteiger partial charge in [0.2, 0.25) is 21.8 Å². The molecule has 196 valence electrons. The molecule has 1 atom stereocenters. The second-order valence-electron chi connectivity index (χ2n) is 8.96. The SMILES string of the molecule is Cc1ccc([N+](=O)[O-])cc1N(CC(=O)N(Cc1ccc(Br)cc1)C(C)C(=O)NCC(C)C)S(C)(=O)=O. The summed E-state index contributed by atoms with van der Waals surface area (Å²) in [5.74, 6) is -0.789. The second-order valence-corrected chi connectivity index (χ2v) is 11.8. The van der Waals surface area contributed by atoms with Crippen LogP contribution >= 0.6 is 15.9 Å². The molecule has 2 aromatic rings. The van der Waals surface area contributed by atoms with Crippen molar-refractivity contribution in [1.29, 1.82) is 0 Å². The van der Waals surface area contributed by atoms with Crippen LogP contribution in [0.2, 0.25) is 0 Å². The van der Waals surface area contributed by atoms with Crippen molar-refractivity contribution in [3.8, 4) is 0 Å². The van der Waals surface area contributed by atoms with Crippen LogP contribution in [0.25, 0.3) is 0 Å².